The van der Waals surface area contributed by atoms with E-state index in [0.717, 1.165) is 23.2 Å². The number of fused-ring (bicyclic) bond motifs is 1. The van der Waals surface area contributed by atoms with Crippen molar-refractivity contribution in [3.8, 4) is 0 Å². The van der Waals surface area contributed by atoms with E-state index in [1.54, 1.807) is 11.8 Å². The van der Waals surface area contributed by atoms with E-state index in [1.807, 2.05) is 35.1 Å². The van der Waals surface area contributed by atoms with E-state index < -0.39 is 0 Å². The summed E-state index contributed by atoms with van der Waals surface area (Å²) in [6.45, 7) is 0. The van der Waals surface area contributed by atoms with E-state index >= 15 is 0 Å². The second kappa shape index (κ2) is 3.84. The molecule has 2 rings (SSSR count). The van der Waals surface area contributed by atoms with Gasteiger partial charge >= 0.3 is 0 Å². The van der Waals surface area contributed by atoms with Crippen LogP contribution in [-0.4, -0.2) is 22.1 Å². The van der Waals surface area contributed by atoms with Crippen LogP contribution in [0.15, 0.2) is 24.3 Å². The van der Waals surface area contributed by atoms with Crippen molar-refractivity contribution in [3.63, 3.8) is 0 Å². The van der Waals surface area contributed by atoms with Gasteiger partial charge in [-0.1, -0.05) is 12.1 Å². The molecule has 0 radical (unpaired) electrons. The maximum absolute atomic E-state index is 10.8. The molecule has 0 aliphatic heterocycles. The molecule has 0 amide bonds. The minimum absolute atomic E-state index is 0.501. The maximum Gasteiger partial charge on any atom is 0.185 e. The minimum atomic E-state index is 0.501. The van der Waals surface area contributed by atoms with Gasteiger partial charge in [-0.2, -0.15) is 0 Å². The molecule has 0 aliphatic carbocycles. The van der Waals surface area contributed by atoms with Crippen LogP contribution in [0, 0.1) is 0 Å². The zero-order chi connectivity index (χ0) is 9.97. The fourth-order valence-electron chi connectivity index (χ4n) is 1.45. The van der Waals surface area contributed by atoms with Gasteiger partial charge in [-0.25, -0.2) is 4.98 Å². The number of rotatable bonds is 3. The highest BCUT2D eigenvalue weighted by atomic mass is 32.2. The fourth-order valence-corrected chi connectivity index (χ4v) is 1.98. The summed E-state index contributed by atoms with van der Waals surface area (Å²) in [6.07, 6.45) is 2.81. The molecule has 2 aromatic rings. The number of carbonyl (C=O) groups is 1. The number of nitrogens with zero attached hydrogens (tertiary/aromatic N) is 2. The van der Waals surface area contributed by atoms with Gasteiger partial charge in [0.2, 0.25) is 0 Å². The first-order valence-electron chi connectivity index (χ1n) is 4.26. The number of thioether (sulfide) groups is 1. The first-order valence-corrected chi connectivity index (χ1v) is 5.65. The predicted octanol–water partition coefficient (Wildman–Crippen LogP) is 2.17. The van der Waals surface area contributed by atoms with Crippen molar-refractivity contribution in [2.45, 2.75) is 5.88 Å². The highest BCUT2D eigenvalue weighted by Crippen LogP contribution is 2.16. The van der Waals surface area contributed by atoms with Crippen LogP contribution < -0.4 is 0 Å². The average Bonchev–Trinajstić information content (AvgIpc) is 2.58. The number of aromatic nitrogens is 2. The molecule has 0 bridgehead atoms. The van der Waals surface area contributed by atoms with Crippen molar-refractivity contribution in [1.29, 1.82) is 0 Å². The number of aldehydes is 1. The molecule has 1 aromatic heterocycles. The third-order valence-electron chi connectivity index (χ3n) is 2.05. The second-order valence-electron chi connectivity index (χ2n) is 2.92. The lowest BCUT2D eigenvalue weighted by molar-refractivity contribution is 0.111. The van der Waals surface area contributed by atoms with Gasteiger partial charge in [0.15, 0.2) is 12.1 Å². The standard InChI is InChI=1S/C10H10N2OS/c1-14-7-12-9-5-3-2-4-8(9)11-10(12)6-13/h2-6H,7H2,1H3. The Kier molecular flexibility index (Phi) is 2.54. The average molecular weight is 206 g/mol. The summed E-state index contributed by atoms with van der Waals surface area (Å²) >= 11 is 1.67. The fraction of sp³-hybridized carbons (Fsp3) is 0.200. The number of hydrogen-bond donors (Lipinski definition) is 0. The molecule has 0 fully saturated rings. The van der Waals surface area contributed by atoms with Crippen LogP contribution in [-0.2, 0) is 5.88 Å². The van der Waals surface area contributed by atoms with Crippen molar-refractivity contribution in [2.75, 3.05) is 6.26 Å². The molecule has 0 saturated heterocycles. The van der Waals surface area contributed by atoms with Gasteiger partial charge in [0.1, 0.15) is 0 Å². The van der Waals surface area contributed by atoms with Gasteiger partial charge in [-0.15, -0.1) is 11.8 Å². The zero-order valence-electron chi connectivity index (χ0n) is 7.80. The predicted molar refractivity (Wildman–Crippen MR) is 58.6 cm³/mol. The first-order chi connectivity index (χ1) is 6.86. The monoisotopic (exact) mass is 206 g/mol. The highest BCUT2D eigenvalue weighted by Gasteiger charge is 2.07. The lowest BCUT2D eigenvalue weighted by atomic mass is 10.3. The molecule has 1 aromatic carbocycles. The Bertz CT molecular complexity index is 464. The zero-order valence-corrected chi connectivity index (χ0v) is 8.62. The van der Waals surface area contributed by atoms with Crippen molar-refractivity contribution in [3.05, 3.63) is 30.1 Å². The third-order valence-corrected chi connectivity index (χ3v) is 2.56. The molecule has 72 valence electrons. The number of imidazole rings is 1. The Hall–Kier alpha value is -1.29. The van der Waals surface area contributed by atoms with Crippen molar-refractivity contribution < 1.29 is 4.79 Å². The van der Waals surface area contributed by atoms with Crippen LogP contribution >= 0.6 is 11.8 Å². The van der Waals surface area contributed by atoms with Gasteiger partial charge in [-0.3, -0.25) is 4.79 Å². The SMILES string of the molecule is CSCn1c(C=O)nc2ccccc21. The number of benzene rings is 1. The number of hydrogen-bond acceptors (Lipinski definition) is 3. The summed E-state index contributed by atoms with van der Waals surface area (Å²) in [5.74, 6) is 1.26. The van der Waals surface area contributed by atoms with Crippen LogP contribution in [0.2, 0.25) is 0 Å². The van der Waals surface area contributed by atoms with E-state index in [9.17, 15) is 4.79 Å². The smallest absolute Gasteiger partial charge is 0.185 e. The molecular weight excluding hydrogens is 196 g/mol. The quantitative estimate of drug-likeness (QED) is 0.722. The Morgan fingerprint density at radius 2 is 2.29 bits per heavy atom. The van der Waals surface area contributed by atoms with E-state index in [0.29, 0.717) is 5.82 Å². The molecule has 1 heterocycles. The van der Waals surface area contributed by atoms with Crippen molar-refractivity contribution in [1.82, 2.24) is 9.55 Å². The summed E-state index contributed by atoms with van der Waals surface area (Å²) < 4.78 is 1.92. The molecule has 0 atom stereocenters. The third kappa shape index (κ3) is 1.42. The van der Waals surface area contributed by atoms with Crippen molar-refractivity contribution in [2.24, 2.45) is 0 Å². The van der Waals surface area contributed by atoms with Gasteiger partial charge in [0.05, 0.1) is 16.9 Å². The van der Waals surface area contributed by atoms with E-state index in [4.69, 9.17) is 0 Å². The highest BCUT2D eigenvalue weighted by molar-refractivity contribution is 7.97. The summed E-state index contributed by atoms with van der Waals surface area (Å²) in [5.41, 5.74) is 1.90. The van der Waals surface area contributed by atoms with Gasteiger partial charge in [0, 0.05) is 0 Å². The molecule has 14 heavy (non-hydrogen) atoms. The van der Waals surface area contributed by atoms with Crippen LogP contribution in [0.4, 0.5) is 0 Å². The minimum Gasteiger partial charge on any atom is -0.312 e. The molecule has 0 aliphatic rings. The van der Waals surface area contributed by atoms with E-state index in [1.165, 1.54) is 0 Å². The first kappa shape index (κ1) is 9.27. The molecule has 0 N–H and O–H groups in total. The Morgan fingerprint density at radius 1 is 1.50 bits per heavy atom. The lowest BCUT2D eigenvalue weighted by Crippen LogP contribution is -1.99. The molecule has 0 spiro atoms. The molecule has 4 heteroatoms. The number of para-hydroxylation sites is 2. The van der Waals surface area contributed by atoms with Crippen LogP contribution in [0.5, 0.6) is 0 Å². The van der Waals surface area contributed by atoms with E-state index in [-0.39, 0.29) is 0 Å². The van der Waals surface area contributed by atoms with Crippen LogP contribution in [0.25, 0.3) is 11.0 Å². The Morgan fingerprint density at radius 3 is 3.00 bits per heavy atom. The Balaban J connectivity index is 2.67. The Labute approximate surface area is 86.1 Å². The molecule has 0 saturated carbocycles. The van der Waals surface area contributed by atoms with Crippen LogP contribution in [0.1, 0.15) is 10.6 Å². The second-order valence-corrected chi connectivity index (χ2v) is 3.76. The molecular formula is C10H10N2OS. The topological polar surface area (TPSA) is 34.9 Å². The van der Waals surface area contributed by atoms with Gasteiger partial charge in [-0.05, 0) is 18.4 Å². The summed E-state index contributed by atoms with van der Waals surface area (Å²) in [5, 5.41) is 0. The molecule has 0 unspecified atom stereocenters. The maximum atomic E-state index is 10.8. The summed E-state index contributed by atoms with van der Waals surface area (Å²) in [7, 11) is 0. The normalized spacial score (nSPS) is 10.6. The number of carbonyl (C=O) groups excluding carboxylic acids is 1. The molecule has 3 nitrogen and oxygen atoms in total. The van der Waals surface area contributed by atoms with E-state index in [2.05, 4.69) is 4.98 Å². The van der Waals surface area contributed by atoms with Crippen LogP contribution in [0.3, 0.4) is 0 Å². The van der Waals surface area contributed by atoms with Gasteiger partial charge < -0.3 is 4.57 Å². The summed E-state index contributed by atoms with van der Waals surface area (Å²) in [4.78, 5) is 15.0. The van der Waals surface area contributed by atoms with Crippen molar-refractivity contribution >= 4 is 29.1 Å². The largest absolute Gasteiger partial charge is 0.312 e. The van der Waals surface area contributed by atoms with Gasteiger partial charge in [0.25, 0.3) is 0 Å². The summed E-state index contributed by atoms with van der Waals surface area (Å²) in [6, 6.07) is 7.77. The lowest BCUT2D eigenvalue weighted by Gasteiger charge is -2.01.